The largest absolute Gasteiger partial charge is 0.362 e. The Morgan fingerprint density at radius 2 is 2.20 bits per heavy atom. The first kappa shape index (κ1) is 12.7. The lowest BCUT2D eigenvalue weighted by Crippen LogP contribution is -2.19. The van der Waals surface area contributed by atoms with Gasteiger partial charge in [-0.25, -0.2) is 0 Å². The Hall–Kier alpha value is -2.28. The highest BCUT2D eigenvalue weighted by molar-refractivity contribution is 5.56. The van der Waals surface area contributed by atoms with Crippen molar-refractivity contribution in [2.45, 2.75) is 32.2 Å². The molecule has 0 fully saturated rings. The second kappa shape index (κ2) is 5.01. The molecule has 1 unspecified atom stereocenters. The molecule has 0 amide bonds. The number of hydrogen-bond donors (Lipinski definition) is 1. The summed E-state index contributed by atoms with van der Waals surface area (Å²) in [6, 6.07) is 11.1. The lowest BCUT2D eigenvalue weighted by atomic mass is 9.87. The molecule has 1 heterocycles. The Morgan fingerprint density at radius 3 is 3.00 bits per heavy atom. The van der Waals surface area contributed by atoms with E-state index in [1.54, 1.807) is 4.68 Å². The molecule has 102 valence electrons. The van der Waals surface area contributed by atoms with Crippen molar-refractivity contribution >= 4 is 5.82 Å². The standard InChI is InChI=1S/C16H18N4/c1-11-14(10-17)16(20(2)19-11)18-15-9-5-7-12-6-3-4-8-13(12)15/h3-4,6,8,15,18H,5,7,9H2,1-2H3. The molecule has 1 aliphatic rings. The van der Waals surface area contributed by atoms with Gasteiger partial charge in [0.25, 0.3) is 0 Å². The van der Waals surface area contributed by atoms with Gasteiger partial charge in [-0.2, -0.15) is 10.4 Å². The molecule has 0 radical (unpaired) electrons. The van der Waals surface area contributed by atoms with Crippen molar-refractivity contribution in [3.63, 3.8) is 0 Å². The molecule has 0 saturated carbocycles. The van der Waals surface area contributed by atoms with Crippen LogP contribution in [0, 0.1) is 18.3 Å². The monoisotopic (exact) mass is 266 g/mol. The SMILES string of the molecule is Cc1nn(C)c(NC2CCCc3ccccc32)c1C#N. The molecular formula is C16H18N4. The van der Waals surface area contributed by atoms with Gasteiger partial charge < -0.3 is 5.32 Å². The van der Waals surface area contributed by atoms with Gasteiger partial charge in [-0.1, -0.05) is 24.3 Å². The summed E-state index contributed by atoms with van der Waals surface area (Å²) in [5, 5.41) is 17.2. The van der Waals surface area contributed by atoms with Crippen LogP contribution in [0.3, 0.4) is 0 Å². The van der Waals surface area contributed by atoms with Crippen LogP contribution in [0.15, 0.2) is 24.3 Å². The Labute approximate surface area is 119 Å². The molecule has 4 nitrogen and oxygen atoms in total. The average Bonchev–Trinajstić information content (AvgIpc) is 2.73. The van der Waals surface area contributed by atoms with E-state index in [-0.39, 0.29) is 6.04 Å². The van der Waals surface area contributed by atoms with Gasteiger partial charge >= 0.3 is 0 Å². The van der Waals surface area contributed by atoms with Gasteiger partial charge in [-0.15, -0.1) is 0 Å². The van der Waals surface area contributed by atoms with Crippen molar-refractivity contribution in [3.05, 3.63) is 46.6 Å². The minimum Gasteiger partial charge on any atom is -0.362 e. The Kier molecular flexibility index (Phi) is 3.19. The van der Waals surface area contributed by atoms with Gasteiger partial charge in [-0.3, -0.25) is 4.68 Å². The number of benzene rings is 1. The van der Waals surface area contributed by atoms with Gasteiger partial charge in [-0.05, 0) is 37.3 Å². The van der Waals surface area contributed by atoms with E-state index in [0.717, 1.165) is 24.4 Å². The van der Waals surface area contributed by atoms with E-state index in [1.165, 1.54) is 17.5 Å². The van der Waals surface area contributed by atoms with Crippen LogP contribution in [0.2, 0.25) is 0 Å². The lowest BCUT2D eigenvalue weighted by Gasteiger charge is -2.27. The van der Waals surface area contributed by atoms with Gasteiger partial charge in [0, 0.05) is 7.05 Å². The second-order valence-electron chi connectivity index (χ2n) is 5.33. The summed E-state index contributed by atoms with van der Waals surface area (Å²) in [4.78, 5) is 0. The fraction of sp³-hybridized carbons (Fsp3) is 0.375. The van der Waals surface area contributed by atoms with Gasteiger partial charge in [0.2, 0.25) is 0 Å². The van der Waals surface area contributed by atoms with E-state index >= 15 is 0 Å². The van der Waals surface area contributed by atoms with Crippen molar-refractivity contribution in [1.82, 2.24) is 9.78 Å². The van der Waals surface area contributed by atoms with E-state index in [1.807, 2.05) is 14.0 Å². The van der Waals surface area contributed by atoms with Gasteiger partial charge in [0.1, 0.15) is 17.5 Å². The predicted octanol–water partition coefficient (Wildman–Crippen LogP) is 3.09. The zero-order valence-electron chi connectivity index (χ0n) is 11.8. The molecule has 1 N–H and O–H groups in total. The number of anilines is 1. The highest BCUT2D eigenvalue weighted by Crippen LogP contribution is 2.33. The van der Waals surface area contributed by atoms with E-state index in [0.29, 0.717) is 5.56 Å². The van der Waals surface area contributed by atoms with Crippen LogP contribution in [0.4, 0.5) is 5.82 Å². The van der Waals surface area contributed by atoms with E-state index < -0.39 is 0 Å². The summed E-state index contributed by atoms with van der Waals surface area (Å²) >= 11 is 0. The number of nitrogens with one attached hydrogen (secondary N) is 1. The molecule has 1 aromatic carbocycles. The fourth-order valence-corrected chi connectivity index (χ4v) is 3.03. The molecule has 3 rings (SSSR count). The van der Waals surface area contributed by atoms with Crippen molar-refractivity contribution < 1.29 is 0 Å². The summed E-state index contributed by atoms with van der Waals surface area (Å²) in [5.41, 5.74) is 4.19. The topological polar surface area (TPSA) is 53.6 Å². The second-order valence-corrected chi connectivity index (χ2v) is 5.33. The molecule has 1 atom stereocenters. The van der Waals surface area contributed by atoms with Crippen molar-refractivity contribution in [2.75, 3.05) is 5.32 Å². The summed E-state index contributed by atoms with van der Waals surface area (Å²) in [5.74, 6) is 0.826. The first-order chi connectivity index (χ1) is 9.70. The summed E-state index contributed by atoms with van der Waals surface area (Å²) < 4.78 is 1.77. The maximum absolute atomic E-state index is 9.29. The van der Waals surface area contributed by atoms with Crippen LogP contribution >= 0.6 is 0 Å². The maximum atomic E-state index is 9.29. The first-order valence-electron chi connectivity index (χ1n) is 6.98. The Bertz CT molecular complexity index is 678. The van der Waals surface area contributed by atoms with Crippen LogP contribution in [-0.4, -0.2) is 9.78 Å². The number of aryl methyl sites for hydroxylation is 3. The molecule has 0 saturated heterocycles. The lowest BCUT2D eigenvalue weighted by molar-refractivity contribution is 0.592. The van der Waals surface area contributed by atoms with E-state index in [2.05, 4.69) is 40.8 Å². The van der Waals surface area contributed by atoms with Crippen LogP contribution in [-0.2, 0) is 13.5 Å². The number of aromatic nitrogens is 2. The molecule has 0 spiro atoms. The smallest absolute Gasteiger partial charge is 0.142 e. The summed E-state index contributed by atoms with van der Waals surface area (Å²) in [7, 11) is 1.88. The van der Waals surface area contributed by atoms with Crippen LogP contribution < -0.4 is 5.32 Å². The minimum absolute atomic E-state index is 0.266. The number of nitrogens with zero attached hydrogens (tertiary/aromatic N) is 3. The highest BCUT2D eigenvalue weighted by Gasteiger charge is 2.22. The molecule has 2 aromatic rings. The molecule has 0 bridgehead atoms. The first-order valence-corrected chi connectivity index (χ1v) is 6.98. The third-order valence-electron chi connectivity index (χ3n) is 4.01. The fourth-order valence-electron chi connectivity index (χ4n) is 3.03. The molecule has 20 heavy (non-hydrogen) atoms. The van der Waals surface area contributed by atoms with Crippen molar-refractivity contribution in [2.24, 2.45) is 7.05 Å². The van der Waals surface area contributed by atoms with Gasteiger partial charge in [0.15, 0.2) is 0 Å². The third-order valence-corrected chi connectivity index (χ3v) is 4.01. The maximum Gasteiger partial charge on any atom is 0.142 e. The van der Waals surface area contributed by atoms with E-state index in [9.17, 15) is 5.26 Å². The molecule has 4 heteroatoms. The zero-order chi connectivity index (χ0) is 14.1. The van der Waals surface area contributed by atoms with E-state index in [4.69, 9.17) is 0 Å². The predicted molar refractivity (Wildman–Crippen MR) is 78.4 cm³/mol. The van der Waals surface area contributed by atoms with Gasteiger partial charge in [0.05, 0.1) is 11.7 Å². The zero-order valence-corrected chi connectivity index (χ0v) is 11.8. The number of fused-ring (bicyclic) bond motifs is 1. The number of hydrogen-bond acceptors (Lipinski definition) is 3. The van der Waals surface area contributed by atoms with Crippen molar-refractivity contribution in [3.8, 4) is 6.07 Å². The number of rotatable bonds is 2. The number of nitriles is 1. The molecule has 1 aromatic heterocycles. The molecular weight excluding hydrogens is 248 g/mol. The normalized spacial score (nSPS) is 17.4. The summed E-state index contributed by atoms with van der Waals surface area (Å²) in [6.45, 7) is 1.87. The third kappa shape index (κ3) is 2.05. The van der Waals surface area contributed by atoms with Crippen LogP contribution in [0.1, 0.15) is 41.3 Å². The molecule has 1 aliphatic carbocycles. The summed E-state index contributed by atoms with van der Waals surface area (Å²) in [6.07, 6.45) is 3.41. The average molecular weight is 266 g/mol. The molecule has 0 aliphatic heterocycles. The Balaban J connectivity index is 1.96. The quantitative estimate of drug-likeness (QED) is 0.908. The van der Waals surface area contributed by atoms with Crippen molar-refractivity contribution in [1.29, 1.82) is 5.26 Å². The van der Waals surface area contributed by atoms with Crippen LogP contribution in [0.25, 0.3) is 0 Å². The minimum atomic E-state index is 0.266. The van der Waals surface area contributed by atoms with Crippen LogP contribution in [0.5, 0.6) is 0 Å². The Morgan fingerprint density at radius 1 is 1.40 bits per heavy atom. The highest BCUT2D eigenvalue weighted by atomic mass is 15.3.